The van der Waals surface area contributed by atoms with E-state index in [0.717, 1.165) is 5.56 Å². The molecule has 0 atom stereocenters. The van der Waals surface area contributed by atoms with Crippen molar-refractivity contribution in [3.8, 4) is 47.2 Å². The fourth-order valence-electron chi connectivity index (χ4n) is 3.40. The summed E-state index contributed by atoms with van der Waals surface area (Å²) >= 11 is 14.5. The first-order valence-corrected chi connectivity index (χ1v) is 14.6. The minimum atomic E-state index is -0.526. The van der Waals surface area contributed by atoms with Crippen molar-refractivity contribution in [1.29, 1.82) is 0 Å². The molecule has 2 aromatic heterocycles. The summed E-state index contributed by atoms with van der Waals surface area (Å²) in [5.41, 5.74) is 2.48. The van der Waals surface area contributed by atoms with Crippen LogP contribution in [0.3, 0.4) is 0 Å². The highest BCUT2D eigenvalue weighted by atomic mass is 79.9. The molecule has 2 heterocycles. The molecular formula is C34H29BrCl2N2O8. The number of benzene rings is 2. The Kier molecular flexibility index (Phi) is 15.9. The Balaban J connectivity index is 0.000000270. The van der Waals surface area contributed by atoms with Gasteiger partial charge in [-0.2, -0.15) is 0 Å². The number of halogens is 3. The lowest BCUT2D eigenvalue weighted by molar-refractivity contribution is 0.0591. The molecule has 0 N–H and O–H groups in total. The van der Waals surface area contributed by atoms with Crippen molar-refractivity contribution in [3.05, 3.63) is 104 Å². The van der Waals surface area contributed by atoms with Crippen molar-refractivity contribution < 1.29 is 38.0 Å². The summed E-state index contributed by atoms with van der Waals surface area (Å²) in [6.45, 7) is 0. The van der Waals surface area contributed by atoms with Gasteiger partial charge in [-0.3, -0.25) is 0 Å². The SMILES string of the molecule is C#Cc1cc(OC)cc(OC)c1.COC(=O)c1cc(Cl)ncc1Br.COC(=O)c1cc(Cl)ncc1C#Cc1cc(OC)cc(OC)c1. The average Bonchev–Trinajstić information content (AvgIpc) is 3.11. The van der Waals surface area contributed by atoms with Crippen LogP contribution >= 0.6 is 39.1 Å². The van der Waals surface area contributed by atoms with E-state index in [1.165, 1.54) is 38.7 Å². The number of pyridine rings is 2. The number of hydrogen-bond donors (Lipinski definition) is 0. The fraction of sp³-hybridized carbons (Fsp3) is 0.176. The first-order valence-electron chi connectivity index (χ1n) is 13.1. The van der Waals surface area contributed by atoms with Crippen molar-refractivity contribution in [1.82, 2.24) is 9.97 Å². The summed E-state index contributed by atoms with van der Waals surface area (Å²) < 4.78 is 30.2. The number of aromatic nitrogens is 2. The summed E-state index contributed by atoms with van der Waals surface area (Å²) in [6, 6.07) is 13.5. The number of esters is 2. The molecule has 0 saturated carbocycles. The van der Waals surface area contributed by atoms with Crippen LogP contribution in [0.1, 0.15) is 37.4 Å². The van der Waals surface area contributed by atoms with Crippen molar-refractivity contribution in [2.45, 2.75) is 0 Å². The third-order valence-corrected chi connectivity index (χ3v) is 6.76. The van der Waals surface area contributed by atoms with E-state index in [4.69, 9.17) is 53.3 Å². The second-order valence-electron chi connectivity index (χ2n) is 8.62. The number of carbonyl (C=O) groups is 2. The van der Waals surface area contributed by atoms with Gasteiger partial charge in [0.25, 0.3) is 0 Å². The number of carbonyl (C=O) groups excluding carboxylic acids is 2. The first-order chi connectivity index (χ1) is 22.5. The predicted octanol–water partition coefficient (Wildman–Crippen LogP) is 6.91. The third-order valence-electron chi connectivity index (χ3n) is 5.71. The van der Waals surface area contributed by atoms with Gasteiger partial charge < -0.3 is 28.4 Å². The van der Waals surface area contributed by atoms with Gasteiger partial charge >= 0.3 is 11.9 Å². The standard InChI is InChI=1S/C17H14ClNO4.C10H10O2.C7H5BrClNO2/c1-21-13-6-11(7-14(8-13)22-2)4-5-12-10-19-16(18)9-15(12)17(20)23-3;1-4-8-5-9(11-2)7-10(6-8)12-3;1-12-7(11)4-2-6(9)10-3-5(4)8/h6-10H,1-3H3;1,5-7H,2-3H3;2-3H,1H3. The fourth-order valence-corrected chi connectivity index (χ4v) is 4.09. The van der Waals surface area contributed by atoms with E-state index < -0.39 is 11.9 Å². The molecule has 0 amide bonds. The molecule has 0 spiro atoms. The molecular weight excluding hydrogens is 715 g/mol. The van der Waals surface area contributed by atoms with Gasteiger partial charge in [0.1, 0.15) is 33.3 Å². The second-order valence-corrected chi connectivity index (χ2v) is 10.2. The Morgan fingerprint density at radius 2 is 1.06 bits per heavy atom. The van der Waals surface area contributed by atoms with Crippen LogP contribution in [0.15, 0.2) is 65.4 Å². The lowest BCUT2D eigenvalue weighted by Crippen LogP contribution is -2.04. The molecule has 0 fully saturated rings. The zero-order valence-electron chi connectivity index (χ0n) is 26.1. The van der Waals surface area contributed by atoms with E-state index in [1.807, 2.05) is 0 Å². The molecule has 0 unspecified atom stereocenters. The van der Waals surface area contributed by atoms with Crippen LogP contribution in [0.4, 0.5) is 0 Å². The van der Waals surface area contributed by atoms with Crippen molar-refractivity contribution >= 4 is 51.1 Å². The third kappa shape index (κ3) is 12.1. The Morgan fingerprint density at radius 3 is 1.51 bits per heavy atom. The van der Waals surface area contributed by atoms with Crippen LogP contribution in [0.5, 0.6) is 23.0 Å². The molecule has 0 aliphatic rings. The monoisotopic (exact) mass is 742 g/mol. The first kappa shape index (κ1) is 38.2. The van der Waals surface area contributed by atoms with Gasteiger partial charge in [0.15, 0.2) is 0 Å². The van der Waals surface area contributed by atoms with Gasteiger partial charge in [0.2, 0.25) is 0 Å². The highest BCUT2D eigenvalue weighted by Crippen LogP contribution is 2.23. The topological polar surface area (TPSA) is 115 Å². The molecule has 4 rings (SSSR count). The maximum absolute atomic E-state index is 11.8. The minimum Gasteiger partial charge on any atom is -0.497 e. The van der Waals surface area contributed by atoms with Crippen LogP contribution in [-0.2, 0) is 9.47 Å². The van der Waals surface area contributed by atoms with Gasteiger partial charge in [-0.15, -0.1) is 6.42 Å². The van der Waals surface area contributed by atoms with Crippen molar-refractivity contribution in [2.75, 3.05) is 42.7 Å². The number of ether oxygens (including phenoxy) is 6. The Bertz CT molecular complexity index is 1770. The van der Waals surface area contributed by atoms with E-state index in [2.05, 4.69) is 48.4 Å². The number of methoxy groups -OCH3 is 6. The minimum absolute atomic E-state index is 0.194. The van der Waals surface area contributed by atoms with Gasteiger partial charge in [-0.05, 0) is 52.3 Å². The summed E-state index contributed by atoms with van der Waals surface area (Å²) in [4.78, 5) is 30.5. The van der Waals surface area contributed by atoms with Crippen molar-refractivity contribution in [2.24, 2.45) is 0 Å². The van der Waals surface area contributed by atoms with Crippen LogP contribution in [0, 0.1) is 24.2 Å². The summed E-state index contributed by atoms with van der Waals surface area (Å²) in [6.07, 6.45) is 8.12. The van der Waals surface area contributed by atoms with Crippen LogP contribution < -0.4 is 18.9 Å². The molecule has 244 valence electrons. The molecule has 47 heavy (non-hydrogen) atoms. The number of hydrogen-bond acceptors (Lipinski definition) is 10. The number of rotatable bonds is 6. The van der Waals surface area contributed by atoms with Crippen LogP contribution in [0.25, 0.3) is 0 Å². The normalized spacial score (nSPS) is 9.36. The lowest BCUT2D eigenvalue weighted by Gasteiger charge is -2.05. The summed E-state index contributed by atoms with van der Waals surface area (Å²) in [7, 11) is 8.91. The highest BCUT2D eigenvalue weighted by Gasteiger charge is 2.12. The van der Waals surface area contributed by atoms with Gasteiger partial charge in [-0.1, -0.05) is 41.0 Å². The van der Waals surface area contributed by atoms with Gasteiger partial charge in [0.05, 0.1) is 63.8 Å². The quantitative estimate of drug-likeness (QED) is 0.117. The molecule has 0 bridgehead atoms. The van der Waals surface area contributed by atoms with E-state index in [0.29, 0.717) is 44.2 Å². The molecule has 4 aromatic rings. The maximum Gasteiger partial charge on any atom is 0.339 e. The maximum atomic E-state index is 11.8. The summed E-state index contributed by atoms with van der Waals surface area (Å²) in [5.74, 6) is 10.1. The molecule has 0 radical (unpaired) electrons. The molecule has 0 aliphatic heterocycles. The smallest absolute Gasteiger partial charge is 0.339 e. The molecule has 0 saturated heterocycles. The van der Waals surface area contributed by atoms with E-state index in [-0.39, 0.29) is 15.9 Å². The second kappa shape index (κ2) is 19.5. The Hall–Kier alpha value is -4.94. The largest absolute Gasteiger partial charge is 0.497 e. The molecule has 0 aliphatic carbocycles. The summed E-state index contributed by atoms with van der Waals surface area (Å²) in [5, 5.41) is 0.456. The predicted molar refractivity (Wildman–Crippen MR) is 182 cm³/mol. The van der Waals surface area contributed by atoms with E-state index >= 15 is 0 Å². The highest BCUT2D eigenvalue weighted by molar-refractivity contribution is 9.10. The molecule has 10 nitrogen and oxygen atoms in total. The Morgan fingerprint density at radius 1 is 0.638 bits per heavy atom. The van der Waals surface area contributed by atoms with Crippen LogP contribution in [-0.4, -0.2) is 64.6 Å². The molecule has 2 aromatic carbocycles. The zero-order chi connectivity index (χ0) is 34.9. The van der Waals surface area contributed by atoms with E-state index in [1.54, 1.807) is 64.8 Å². The van der Waals surface area contributed by atoms with Crippen molar-refractivity contribution in [3.63, 3.8) is 0 Å². The lowest BCUT2D eigenvalue weighted by atomic mass is 10.1. The van der Waals surface area contributed by atoms with E-state index in [9.17, 15) is 9.59 Å². The number of nitrogens with zero attached hydrogens (tertiary/aromatic N) is 2. The van der Waals surface area contributed by atoms with Gasteiger partial charge in [-0.25, -0.2) is 19.6 Å². The van der Waals surface area contributed by atoms with Gasteiger partial charge in [0, 0.05) is 35.7 Å². The number of terminal acetylenes is 1. The zero-order valence-corrected chi connectivity index (χ0v) is 29.2. The average molecular weight is 744 g/mol. The van der Waals surface area contributed by atoms with Crippen LogP contribution in [0.2, 0.25) is 10.3 Å². The Labute approximate surface area is 291 Å². The molecule has 13 heteroatoms.